The van der Waals surface area contributed by atoms with Crippen LogP contribution in [0.15, 0.2) is 35.3 Å². The van der Waals surface area contributed by atoms with E-state index < -0.39 is 0 Å². The molecule has 0 amide bonds. The number of nitrogens with zero attached hydrogens (tertiary/aromatic N) is 2. The summed E-state index contributed by atoms with van der Waals surface area (Å²) in [6.45, 7) is 8.14. The van der Waals surface area contributed by atoms with Crippen LogP contribution >= 0.6 is 11.3 Å². The fourth-order valence-corrected chi connectivity index (χ4v) is 3.53. The molecule has 1 unspecified atom stereocenters. The Kier molecular flexibility index (Phi) is 7.25. The van der Waals surface area contributed by atoms with Crippen LogP contribution in [0, 0.1) is 13.8 Å². The number of guanidine groups is 1. The van der Waals surface area contributed by atoms with Gasteiger partial charge in [-0.2, -0.15) is 0 Å². The molecule has 0 aliphatic heterocycles. The highest BCUT2D eigenvalue weighted by Gasteiger charge is 2.10. The van der Waals surface area contributed by atoms with E-state index in [2.05, 4.69) is 71.7 Å². The minimum absolute atomic E-state index is 0.494. The molecule has 0 saturated heterocycles. The van der Waals surface area contributed by atoms with Crippen molar-refractivity contribution < 1.29 is 0 Å². The molecule has 1 heterocycles. The van der Waals surface area contributed by atoms with E-state index in [1.54, 1.807) is 11.3 Å². The molecule has 0 aliphatic rings. The lowest BCUT2D eigenvalue weighted by Crippen LogP contribution is -2.40. The number of hydrogen-bond acceptors (Lipinski definition) is 3. The van der Waals surface area contributed by atoms with Gasteiger partial charge in [0.1, 0.15) is 0 Å². The second-order valence-electron chi connectivity index (χ2n) is 5.89. The Hall–Kier alpha value is -1.88. The van der Waals surface area contributed by atoms with Gasteiger partial charge in [-0.15, -0.1) is 11.3 Å². The lowest BCUT2D eigenvalue weighted by molar-refractivity contribution is 0.629. The lowest BCUT2D eigenvalue weighted by Gasteiger charge is -2.18. The normalized spacial score (nSPS) is 12.9. The maximum Gasteiger partial charge on any atom is 0.191 e. The van der Waals surface area contributed by atoms with E-state index in [-0.39, 0.29) is 0 Å². The Morgan fingerprint density at radius 3 is 2.54 bits per heavy atom. The van der Waals surface area contributed by atoms with Gasteiger partial charge in [0.2, 0.25) is 0 Å². The molecule has 1 aromatic heterocycles. The number of rotatable bonds is 7. The molecular weight excluding hydrogens is 316 g/mol. The summed E-state index contributed by atoms with van der Waals surface area (Å²) in [4.78, 5) is 10.2. The molecule has 4 nitrogen and oxygen atoms in total. The quantitative estimate of drug-likeness (QED) is 0.595. The lowest BCUT2D eigenvalue weighted by atomic mass is 9.97. The predicted molar refractivity (Wildman–Crippen MR) is 104 cm³/mol. The van der Waals surface area contributed by atoms with E-state index in [0.717, 1.165) is 37.6 Å². The van der Waals surface area contributed by atoms with Gasteiger partial charge in [-0.05, 0) is 25.8 Å². The Morgan fingerprint density at radius 1 is 1.21 bits per heavy atom. The summed E-state index contributed by atoms with van der Waals surface area (Å²) in [6, 6.07) is 10.6. The SMILES string of the molecule is CCC(CNC(=NC)NCCc1nc(C)c(C)s1)c1ccccc1. The second-order valence-corrected chi connectivity index (χ2v) is 7.18. The van der Waals surface area contributed by atoms with Crippen LogP contribution < -0.4 is 10.6 Å². The highest BCUT2D eigenvalue weighted by Crippen LogP contribution is 2.18. The van der Waals surface area contributed by atoms with Gasteiger partial charge in [0.15, 0.2) is 5.96 Å². The first-order chi connectivity index (χ1) is 11.6. The van der Waals surface area contributed by atoms with Crippen LogP contribution in [0.4, 0.5) is 0 Å². The fourth-order valence-electron chi connectivity index (χ4n) is 2.60. The van der Waals surface area contributed by atoms with Crippen LogP contribution in [0.1, 0.15) is 40.4 Å². The van der Waals surface area contributed by atoms with Crippen LogP contribution in [-0.4, -0.2) is 31.1 Å². The molecule has 0 spiro atoms. The number of thiazole rings is 1. The highest BCUT2D eigenvalue weighted by molar-refractivity contribution is 7.11. The number of benzene rings is 1. The van der Waals surface area contributed by atoms with Gasteiger partial charge >= 0.3 is 0 Å². The molecule has 2 N–H and O–H groups in total. The molecule has 0 radical (unpaired) electrons. The summed E-state index contributed by atoms with van der Waals surface area (Å²) in [5.74, 6) is 1.35. The number of aromatic nitrogens is 1. The van der Waals surface area contributed by atoms with Crippen LogP contribution in [0.25, 0.3) is 0 Å². The largest absolute Gasteiger partial charge is 0.356 e. The summed E-state index contributed by atoms with van der Waals surface area (Å²) >= 11 is 1.78. The van der Waals surface area contributed by atoms with Crippen molar-refractivity contribution in [1.29, 1.82) is 0 Å². The van der Waals surface area contributed by atoms with Crippen molar-refractivity contribution in [2.24, 2.45) is 4.99 Å². The zero-order valence-electron chi connectivity index (χ0n) is 15.1. The molecule has 0 aliphatic carbocycles. The maximum absolute atomic E-state index is 4.58. The standard InChI is InChI=1S/C19H28N4S/c1-5-16(17-9-7-6-8-10-17)13-22-19(20-4)21-12-11-18-23-14(2)15(3)24-18/h6-10,16H,5,11-13H2,1-4H3,(H2,20,21,22). The third-order valence-corrected chi connectivity index (χ3v) is 5.34. The third-order valence-electron chi connectivity index (χ3n) is 4.21. The van der Waals surface area contributed by atoms with Crippen molar-refractivity contribution in [3.05, 3.63) is 51.5 Å². The summed E-state index contributed by atoms with van der Waals surface area (Å²) in [5.41, 5.74) is 2.52. The topological polar surface area (TPSA) is 49.3 Å². The van der Waals surface area contributed by atoms with Crippen LogP contribution in [0.5, 0.6) is 0 Å². The summed E-state index contributed by atoms with van der Waals surface area (Å²) < 4.78 is 0. The monoisotopic (exact) mass is 344 g/mol. The van der Waals surface area contributed by atoms with Crippen LogP contribution in [0.3, 0.4) is 0 Å². The van der Waals surface area contributed by atoms with E-state index >= 15 is 0 Å². The molecule has 130 valence electrons. The number of hydrogen-bond donors (Lipinski definition) is 2. The maximum atomic E-state index is 4.58. The molecule has 0 fully saturated rings. The Balaban J connectivity index is 1.79. The van der Waals surface area contributed by atoms with Crippen LogP contribution in [-0.2, 0) is 6.42 Å². The average molecular weight is 345 g/mol. The Labute approximate surface area is 149 Å². The summed E-state index contributed by atoms with van der Waals surface area (Å²) in [7, 11) is 1.82. The minimum Gasteiger partial charge on any atom is -0.356 e. The number of nitrogens with one attached hydrogen (secondary N) is 2. The van der Waals surface area contributed by atoms with Crippen molar-refractivity contribution in [2.45, 2.75) is 39.5 Å². The predicted octanol–water partition coefficient (Wildman–Crippen LogP) is 3.66. The third kappa shape index (κ3) is 5.34. The van der Waals surface area contributed by atoms with Gasteiger partial charge < -0.3 is 10.6 Å². The fraction of sp³-hybridized carbons (Fsp3) is 0.474. The van der Waals surface area contributed by atoms with Gasteiger partial charge in [-0.25, -0.2) is 4.98 Å². The first-order valence-corrected chi connectivity index (χ1v) is 9.38. The average Bonchev–Trinajstić information content (AvgIpc) is 2.92. The molecule has 0 saturated carbocycles. The molecule has 2 aromatic rings. The van der Waals surface area contributed by atoms with Crippen molar-refractivity contribution in [2.75, 3.05) is 20.1 Å². The molecular formula is C19H28N4S. The Bertz CT molecular complexity index is 629. The van der Waals surface area contributed by atoms with E-state index in [9.17, 15) is 0 Å². The molecule has 2 rings (SSSR count). The molecule has 5 heteroatoms. The number of aliphatic imine (C=N–C) groups is 1. The highest BCUT2D eigenvalue weighted by atomic mass is 32.1. The van der Waals surface area contributed by atoms with Gasteiger partial charge in [-0.3, -0.25) is 4.99 Å². The first-order valence-electron chi connectivity index (χ1n) is 8.56. The van der Waals surface area contributed by atoms with Gasteiger partial charge in [0.25, 0.3) is 0 Å². The zero-order chi connectivity index (χ0) is 17.4. The van der Waals surface area contributed by atoms with Gasteiger partial charge in [0.05, 0.1) is 10.7 Å². The molecule has 24 heavy (non-hydrogen) atoms. The molecule has 0 bridgehead atoms. The minimum atomic E-state index is 0.494. The second kappa shape index (κ2) is 9.42. The van der Waals surface area contributed by atoms with Gasteiger partial charge in [-0.1, -0.05) is 37.3 Å². The van der Waals surface area contributed by atoms with Crippen molar-refractivity contribution in [1.82, 2.24) is 15.6 Å². The van der Waals surface area contributed by atoms with E-state index in [4.69, 9.17) is 0 Å². The Morgan fingerprint density at radius 2 is 1.96 bits per heavy atom. The van der Waals surface area contributed by atoms with E-state index in [1.165, 1.54) is 15.4 Å². The zero-order valence-corrected chi connectivity index (χ0v) is 15.9. The van der Waals surface area contributed by atoms with Crippen molar-refractivity contribution >= 4 is 17.3 Å². The summed E-state index contributed by atoms with van der Waals surface area (Å²) in [6.07, 6.45) is 2.03. The smallest absolute Gasteiger partial charge is 0.191 e. The first kappa shape index (κ1) is 18.5. The summed E-state index contributed by atoms with van der Waals surface area (Å²) in [5, 5.41) is 8.01. The van der Waals surface area contributed by atoms with Gasteiger partial charge in [0, 0.05) is 37.4 Å². The van der Waals surface area contributed by atoms with Crippen molar-refractivity contribution in [3.63, 3.8) is 0 Å². The van der Waals surface area contributed by atoms with E-state index in [1.807, 2.05) is 7.05 Å². The van der Waals surface area contributed by atoms with Crippen molar-refractivity contribution in [3.8, 4) is 0 Å². The molecule has 1 atom stereocenters. The van der Waals surface area contributed by atoms with Crippen LogP contribution in [0.2, 0.25) is 0 Å². The molecule has 1 aromatic carbocycles. The number of aryl methyl sites for hydroxylation is 2. The van der Waals surface area contributed by atoms with E-state index in [0.29, 0.717) is 5.92 Å².